The van der Waals surface area contributed by atoms with Gasteiger partial charge in [0.25, 0.3) is 0 Å². The van der Waals surface area contributed by atoms with Crippen molar-refractivity contribution < 1.29 is 4.79 Å². The number of likely N-dealkylation sites (N-methyl/N-ethyl adjacent to an activating group) is 1. The number of aryl methyl sites for hydroxylation is 2. The summed E-state index contributed by atoms with van der Waals surface area (Å²) in [6.07, 6.45) is 0. The molecule has 0 N–H and O–H groups in total. The van der Waals surface area contributed by atoms with E-state index >= 15 is 0 Å². The highest BCUT2D eigenvalue weighted by atomic mass is 16.2. The van der Waals surface area contributed by atoms with Gasteiger partial charge in [-0.2, -0.15) is 4.80 Å². The van der Waals surface area contributed by atoms with E-state index in [-0.39, 0.29) is 12.5 Å². The molecule has 1 aromatic heterocycles. The summed E-state index contributed by atoms with van der Waals surface area (Å²) in [5.74, 6) is 0.474. The molecule has 0 atom stereocenters. The van der Waals surface area contributed by atoms with E-state index in [0.717, 1.165) is 16.7 Å². The largest absolute Gasteiger partial charge is 0.340 e. The van der Waals surface area contributed by atoms with E-state index in [4.69, 9.17) is 0 Å². The molecule has 0 aliphatic carbocycles. The molecule has 0 saturated carbocycles. The standard InChI is InChI=1S/C19H21N5O/c1-14-8-10-16(11-9-14)12-23(3)18(25)13-24-21-19(20-22-24)17-7-5-4-6-15(17)2/h4-11H,12-13H2,1-3H3. The van der Waals surface area contributed by atoms with Crippen LogP contribution in [0.15, 0.2) is 48.5 Å². The Morgan fingerprint density at radius 3 is 2.52 bits per heavy atom. The number of hydrogen-bond acceptors (Lipinski definition) is 4. The Hall–Kier alpha value is -3.02. The van der Waals surface area contributed by atoms with Crippen molar-refractivity contribution in [2.75, 3.05) is 7.05 Å². The van der Waals surface area contributed by atoms with Gasteiger partial charge in [-0.1, -0.05) is 54.1 Å². The maximum Gasteiger partial charge on any atom is 0.246 e. The van der Waals surface area contributed by atoms with Crippen molar-refractivity contribution in [3.05, 3.63) is 65.2 Å². The van der Waals surface area contributed by atoms with E-state index in [1.54, 1.807) is 11.9 Å². The molecule has 6 nitrogen and oxygen atoms in total. The van der Waals surface area contributed by atoms with Crippen LogP contribution in [0.4, 0.5) is 0 Å². The zero-order valence-corrected chi connectivity index (χ0v) is 14.7. The van der Waals surface area contributed by atoms with Crippen LogP contribution < -0.4 is 0 Å². The van der Waals surface area contributed by atoms with Gasteiger partial charge in [-0.3, -0.25) is 4.79 Å². The van der Waals surface area contributed by atoms with Gasteiger partial charge >= 0.3 is 0 Å². The minimum Gasteiger partial charge on any atom is -0.340 e. The minimum absolute atomic E-state index is 0.0608. The molecule has 2 aromatic carbocycles. The van der Waals surface area contributed by atoms with Crippen LogP contribution in [0, 0.1) is 13.8 Å². The van der Waals surface area contributed by atoms with Gasteiger partial charge in [-0.05, 0) is 30.2 Å². The van der Waals surface area contributed by atoms with Gasteiger partial charge in [-0.25, -0.2) is 0 Å². The summed E-state index contributed by atoms with van der Waals surface area (Å²) in [6, 6.07) is 16.0. The van der Waals surface area contributed by atoms with Crippen molar-refractivity contribution in [1.82, 2.24) is 25.1 Å². The van der Waals surface area contributed by atoms with Crippen LogP contribution in [0.2, 0.25) is 0 Å². The van der Waals surface area contributed by atoms with Crippen LogP contribution in [0.1, 0.15) is 16.7 Å². The van der Waals surface area contributed by atoms with E-state index in [9.17, 15) is 4.79 Å². The fraction of sp³-hybridized carbons (Fsp3) is 0.263. The average Bonchev–Trinajstić information content (AvgIpc) is 3.05. The van der Waals surface area contributed by atoms with E-state index in [2.05, 4.69) is 15.4 Å². The Kier molecular flexibility index (Phi) is 4.88. The molecule has 25 heavy (non-hydrogen) atoms. The van der Waals surface area contributed by atoms with E-state index in [1.165, 1.54) is 10.4 Å². The van der Waals surface area contributed by atoms with E-state index in [0.29, 0.717) is 12.4 Å². The fourth-order valence-electron chi connectivity index (χ4n) is 2.54. The molecule has 0 spiro atoms. The van der Waals surface area contributed by atoms with Crippen LogP contribution in [0.5, 0.6) is 0 Å². The molecular weight excluding hydrogens is 314 g/mol. The predicted octanol–water partition coefficient (Wildman–Crippen LogP) is 2.62. The van der Waals surface area contributed by atoms with Gasteiger partial charge in [0.15, 0.2) is 0 Å². The van der Waals surface area contributed by atoms with Crippen molar-refractivity contribution in [2.24, 2.45) is 0 Å². The highest BCUT2D eigenvalue weighted by Gasteiger charge is 2.14. The topological polar surface area (TPSA) is 63.9 Å². The Morgan fingerprint density at radius 2 is 1.80 bits per heavy atom. The number of carbonyl (C=O) groups excluding carboxylic acids is 1. The lowest BCUT2D eigenvalue weighted by molar-refractivity contribution is -0.131. The first-order valence-corrected chi connectivity index (χ1v) is 8.16. The monoisotopic (exact) mass is 335 g/mol. The second kappa shape index (κ2) is 7.25. The fourth-order valence-corrected chi connectivity index (χ4v) is 2.54. The van der Waals surface area contributed by atoms with Crippen LogP contribution in [-0.2, 0) is 17.9 Å². The van der Waals surface area contributed by atoms with Crippen LogP contribution in [0.25, 0.3) is 11.4 Å². The maximum absolute atomic E-state index is 12.4. The first-order chi connectivity index (χ1) is 12.0. The molecule has 0 aliphatic heterocycles. The normalized spacial score (nSPS) is 10.7. The molecule has 0 fully saturated rings. The number of tetrazole rings is 1. The SMILES string of the molecule is Cc1ccc(CN(C)C(=O)Cn2nnc(-c3ccccc3C)n2)cc1. The molecule has 0 aliphatic rings. The van der Waals surface area contributed by atoms with E-state index < -0.39 is 0 Å². The van der Waals surface area contributed by atoms with Crippen molar-refractivity contribution in [3.63, 3.8) is 0 Å². The summed E-state index contributed by atoms with van der Waals surface area (Å²) >= 11 is 0. The average molecular weight is 335 g/mol. The number of hydrogen-bond donors (Lipinski definition) is 0. The van der Waals surface area contributed by atoms with Gasteiger partial charge in [0, 0.05) is 19.2 Å². The number of rotatable bonds is 5. The number of nitrogens with zero attached hydrogens (tertiary/aromatic N) is 5. The van der Waals surface area contributed by atoms with Crippen molar-refractivity contribution in [3.8, 4) is 11.4 Å². The third kappa shape index (κ3) is 4.09. The maximum atomic E-state index is 12.4. The quantitative estimate of drug-likeness (QED) is 0.719. The van der Waals surface area contributed by atoms with Gasteiger partial charge in [0.2, 0.25) is 11.7 Å². The molecule has 3 rings (SSSR count). The third-order valence-electron chi connectivity index (χ3n) is 4.08. The Morgan fingerprint density at radius 1 is 1.08 bits per heavy atom. The van der Waals surface area contributed by atoms with Crippen LogP contribution >= 0.6 is 0 Å². The lowest BCUT2D eigenvalue weighted by atomic mass is 10.1. The van der Waals surface area contributed by atoms with Gasteiger partial charge in [0.05, 0.1) is 0 Å². The van der Waals surface area contributed by atoms with Crippen molar-refractivity contribution >= 4 is 5.91 Å². The zero-order valence-electron chi connectivity index (χ0n) is 14.7. The molecule has 6 heteroatoms. The number of aromatic nitrogens is 4. The smallest absolute Gasteiger partial charge is 0.246 e. The Balaban J connectivity index is 1.65. The summed E-state index contributed by atoms with van der Waals surface area (Å²) < 4.78 is 0. The molecule has 0 bridgehead atoms. The lowest BCUT2D eigenvalue weighted by Gasteiger charge is -2.16. The minimum atomic E-state index is -0.0608. The summed E-state index contributed by atoms with van der Waals surface area (Å²) in [4.78, 5) is 15.4. The number of benzene rings is 2. The Bertz CT molecular complexity index is 870. The van der Waals surface area contributed by atoms with Gasteiger partial charge in [0.1, 0.15) is 6.54 Å². The molecule has 128 valence electrons. The molecule has 1 amide bonds. The first kappa shape index (κ1) is 16.8. The molecule has 1 heterocycles. The zero-order chi connectivity index (χ0) is 17.8. The highest BCUT2D eigenvalue weighted by molar-refractivity contribution is 5.75. The molecule has 0 saturated heterocycles. The summed E-state index contributed by atoms with van der Waals surface area (Å²) in [7, 11) is 1.78. The second-order valence-corrected chi connectivity index (χ2v) is 6.19. The summed E-state index contributed by atoms with van der Waals surface area (Å²) in [5.41, 5.74) is 4.29. The molecule has 0 unspecified atom stereocenters. The lowest BCUT2D eigenvalue weighted by Crippen LogP contribution is -2.30. The van der Waals surface area contributed by atoms with Crippen molar-refractivity contribution in [1.29, 1.82) is 0 Å². The molecular formula is C19H21N5O. The van der Waals surface area contributed by atoms with Crippen LogP contribution in [0.3, 0.4) is 0 Å². The van der Waals surface area contributed by atoms with Gasteiger partial charge in [-0.15, -0.1) is 10.2 Å². The van der Waals surface area contributed by atoms with Crippen LogP contribution in [-0.4, -0.2) is 38.1 Å². The van der Waals surface area contributed by atoms with Gasteiger partial charge < -0.3 is 4.90 Å². The van der Waals surface area contributed by atoms with Crippen molar-refractivity contribution in [2.45, 2.75) is 26.9 Å². The predicted molar refractivity (Wildman–Crippen MR) is 95.6 cm³/mol. The number of amides is 1. The first-order valence-electron chi connectivity index (χ1n) is 8.16. The Labute approximate surface area is 147 Å². The number of carbonyl (C=O) groups is 1. The second-order valence-electron chi connectivity index (χ2n) is 6.19. The molecule has 0 radical (unpaired) electrons. The summed E-state index contributed by atoms with van der Waals surface area (Å²) in [6.45, 7) is 4.66. The van der Waals surface area contributed by atoms with E-state index in [1.807, 2.05) is 62.4 Å². The molecule has 3 aromatic rings. The third-order valence-corrected chi connectivity index (χ3v) is 4.08. The summed E-state index contributed by atoms with van der Waals surface area (Å²) in [5, 5.41) is 12.4. The highest BCUT2D eigenvalue weighted by Crippen LogP contribution is 2.17.